The van der Waals surface area contributed by atoms with Crippen LogP contribution < -0.4 is 4.74 Å². The van der Waals surface area contributed by atoms with Crippen LogP contribution in [0.3, 0.4) is 0 Å². The van der Waals surface area contributed by atoms with Crippen molar-refractivity contribution in [2.24, 2.45) is 0 Å². The van der Waals surface area contributed by atoms with Gasteiger partial charge in [-0.2, -0.15) is 0 Å². The molecule has 114 valence electrons. The third-order valence-electron chi connectivity index (χ3n) is 4.14. The number of aromatic nitrogens is 1. The number of para-hydroxylation sites is 1. The fourth-order valence-corrected chi connectivity index (χ4v) is 2.94. The van der Waals surface area contributed by atoms with E-state index in [1.165, 1.54) is 0 Å². The number of fused-ring (bicyclic) bond motifs is 3. The molecule has 0 aliphatic heterocycles. The molecule has 0 aliphatic rings. The molecule has 4 rings (SSSR count). The number of H-pyrrole nitrogens is 1. The van der Waals surface area contributed by atoms with E-state index in [0.717, 1.165) is 38.7 Å². The number of rotatable bonds is 3. The average Bonchev–Trinajstić information content (AvgIpc) is 2.93. The standard InChI is InChI=1S/C20H17NO2/c1-13-10-16-15-8-5-9-18(22)20(15)21-17(16)11-19(13)23-12-14-6-3-2-4-7-14/h2-11,21-22H,12H2,1H3. The Morgan fingerprint density at radius 3 is 2.61 bits per heavy atom. The molecule has 0 unspecified atom stereocenters. The van der Waals surface area contributed by atoms with Crippen molar-refractivity contribution in [2.45, 2.75) is 13.5 Å². The zero-order chi connectivity index (χ0) is 15.8. The quantitative estimate of drug-likeness (QED) is 0.564. The van der Waals surface area contributed by atoms with Gasteiger partial charge in [0.1, 0.15) is 18.1 Å². The zero-order valence-electron chi connectivity index (χ0n) is 12.8. The molecule has 0 saturated carbocycles. The molecule has 0 bridgehead atoms. The van der Waals surface area contributed by atoms with Crippen LogP contribution in [0.5, 0.6) is 11.5 Å². The van der Waals surface area contributed by atoms with Crippen LogP contribution in [0.2, 0.25) is 0 Å². The second-order valence-corrected chi connectivity index (χ2v) is 5.76. The molecular weight excluding hydrogens is 286 g/mol. The van der Waals surface area contributed by atoms with Crippen molar-refractivity contribution < 1.29 is 9.84 Å². The van der Waals surface area contributed by atoms with Crippen LogP contribution in [-0.2, 0) is 6.61 Å². The number of aryl methyl sites for hydroxylation is 1. The van der Waals surface area contributed by atoms with Crippen LogP contribution in [0.15, 0.2) is 60.7 Å². The predicted molar refractivity (Wildman–Crippen MR) is 93.0 cm³/mol. The minimum Gasteiger partial charge on any atom is -0.506 e. The number of hydrogen-bond donors (Lipinski definition) is 2. The van der Waals surface area contributed by atoms with Gasteiger partial charge in [-0.1, -0.05) is 42.5 Å². The number of phenolic OH excluding ortho intramolecular Hbond substituents is 1. The highest BCUT2D eigenvalue weighted by Crippen LogP contribution is 2.34. The highest BCUT2D eigenvalue weighted by molar-refractivity contribution is 6.09. The number of aromatic amines is 1. The van der Waals surface area contributed by atoms with Crippen molar-refractivity contribution in [3.05, 3.63) is 71.8 Å². The summed E-state index contributed by atoms with van der Waals surface area (Å²) in [7, 11) is 0. The zero-order valence-corrected chi connectivity index (χ0v) is 12.8. The van der Waals surface area contributed by atoms with Crippen LogP contribution in [0.1, 0.15) is 11.1 Å². The largest absolute Gasteiger partial charge is 0.506 e. The monoisotopic (exact) mass is 303 g/mol. The van der Waals surface area contributed by atoms with E-state index in [1.54, 1.807) is 6.07 Å². The van der Waals surface area contributed by atoms with Gasteiger partial charge in [0.15, 0.2) is 0 Å². The molecule has 0 radical (unpaired) electrons. The fraction of sp³-hybridized carbons (Fsp3) is 0.100. The number of hydrogen-bond acceptors (Lipinski definition) is 2. The highest BCUT2D eigenvalue weighted by Gasteiger charge is 2.10. The summed E-state index contributed by atoms with van der Waals surface area (Å²) >= 11 is 0. The topological polar surface area (TPSA) is 45.2 Å². The molecule has 2 N–H and O–H groups in total. The summed E-state index contributed by atoms with van der Waals surface area (Å²) in [6.45, 7) is 2.58. The first-order chi connectivity index (χ1) is 11.2. The normalized spacial score (nSPS) is 11.2. The summed E-state index contributed by atoms with van der Waals surface area (Å²) in [5.41, 5.74) is 3.95. The number of benzene rings is 3. The summed E-state index contributed by atoms with van der Waals surface area (Å²) in [6, 6.07) is 19.8. The number of ether oxygens (including phenoxy) is 1. The van der Waals surface area contributed by atoms with Gasteiger partial charge in [-0.25, -0.2) is 0 Å². The van der Waals surface area contributed by atoms with E-state index in [9.17, 15) is 5.11 Å². The Morgan fingerprint density at radius 2 is 1.78 bits per heavy atom. The lowest BCUT2D eigenvalue weighted by molar-refractivity contribution is 0.304. The maximum Gasteiger partial charge on any atom is 0.139 e. The molecule has 1 heterocycles. The Morgan fingerprint density at radius 1 is 0.957 bits per heavy atom. The molecule has 0 aliphatic carbocycles. The van der Waals surface area contributed by atoms with Crippen molar-refractivity contribution in [3.8, 4) is 11.5 Å². The Labute approximate surface area is 134 Å². The van der Waals surface area contributed by atoms with E-state index >= 15 is 0 Å². The van der Waals surface area contributed by atoms with E-state index < -0.39 is 0 Å². The molecule has 3 nitrogen and oxygen atoms in total. The maximum absolute atomic E-state index is 10.0. The Bertz CT molecular complexity index is 987. The molecule has 0 amide bonds. The molecule has 0 saturated heterocycles. The van der Waals surface area contributed by atoms with Crippen molar-refractivity contribution >= 4 is 21.8 Å². The third kappa shape index (κ3) is 2.40. The Balaban J connectivity index is 1.75. The SMILES string of the molecule is Cc1cc2c(cc1OCc1ccccc1)[nH]c1c(O)cccc12. The van der Waals surface area contributed by atoms with Gasteiger partial charge in [-0.05, 0) is 30.2 Å². The van der Waals surface area contributed by atoms with Crippen LogP contribution >= 0.6 is 0 Å². The average molecular weight is 303 g/mol. The Kier molecular flexibility index (Phi) is 3.19. The van der Waals surface area contributed by atoms with Crippen LogP contribution in [0.25, 0.3) is 21.8 Å². The van der Waals surface area contributed by atoms with Crippen molar-refractivity contribution in [3.63, 3.8) is 0 Å². The highest BCUT2D eigenvalue weighted by atomic mass is 16.5. The van der Waals surface area contributed by atoms with Gasteiger partial charge >= 0.3 is 0 Å². The van der Waals surface area contributed by atoms with E-state index in [1.807, 2.05) is 43.3 Å². The predicted octanol–water partition coefficient (Wildman–Crippen LogP) is 4.91. The second kappa shape index (κ2) is 5.36. The second-order valence-electron chi connectivity index (χ2n) is 5.76. The molecule has 1 aromatic heterocycles. The number of aromatic hydroxyl groups is 1. The van der Waals surface area contributed by atoms with E-state index in [-0.39, 0.29) is 5.75 Å². The molecule has 0 spiro atoms. The first-order valence-corrected chi connectivity index (χ1v) is 7.63. The Hall–Kier alpha value is -2.94. The lowest BCUT2D eigenvalue weighted by Crippen LogP contribution is -1.96. The molecule has 23 heavy (non-hydrogen) atoms. The molecule has 3 aromatic carbocycles. The van der Waals surface area contributed by atoms with Gasteiger partial charge < -0.3 is 14.8 Å². The van der Waals surface area contributed by atoms with Gasteiger partial charge in [0.25, 0.3) is 0 Å². The van der Waals surface area contributed by atoms with Crippen LogP contribution in [-0.4, -0.2) is 10.1 Å². The van der Waals surface area contributed by atoms with Crippen molar-refractivity contribution in [1.82, 2.24) is 4.98 Å². The van der Waals surface area contributed by atoms with E-state index in [4.69, 9.17) is 4.74 Å². The molecular formula is C20H17NO2. The number of phenols is 1. The summed E-state index contributed by atoms with van der Waals surface area (Å²) in [4.78, 5) is 3.28. The smallest absolute Gasteiger partial charge is 0.139 e. The van der Waals surface area contributed by atoms with Gasteiger partial charge in [-0.3, -0.25) is 0 Å². The van der Waals surface area contributed by atoms with E-state index in [2.05, 4.69) is 23.2 Å². The summed E-state index contributed by atoms with van der Waals surface area (Å²) in [5, 5.41) is 12.1. The van der Waals surface area contributed by atoms with Gasteiger partial charge in [0.2, 0.25) is 0 Å². The minimum absolute atomic E-state index is 0.267. The van der Waals surface area contributed by atoms with Crippen molar-refractivity contribution in [1.29, 1.82) is 0 Å². The first-order valence-electron chi connectivity index (χ1n) is 7.63. The van der Waals surface area contributed by atoms with Crippen LogP contribution in [0, 0.1) is 6.92 Å². The van der Waals surface area contributed by atoms with Crippen LogP contribution in [0.4, 0.5) is 0 Å². The lowest BCUT2D eigenvalue weighted by Gasteiger charge is -2.09. The van der Waals surface area contributed by atoms with E-state index in [0.29, 0.717) is 6.61 Å². The minimum atomic E-state index is 0.267. The fourth-order valence-electron chi connectivity index (χ4n) is 2.94. The van der Waals surface area contributed by atoms with Gasteiger partial charge in [-0.15, -0.1) is 0 Å². The maximum atomic E-state index is 10.0. The molecule has 4 aromatic rings. The summed E-state index contributed by atoms with van der Waals surface area (Å²) in [6.07, 6.45) is 0. The summed E-state index contributed by atoms with van der Waals surface area (Å²) in [5.74, 6) is 1.12. The number of nitrogens with one attached hydrogen (secondary N) is 1. The molecule has 3 heteroatoms. The third-order valence-corrected chi connectivity index (χ3v) is 4.14. The van der Waals surface area contributed by atoms with Gasteiger partial charge in [0.05, 0.1) is 11.0 Å². The first kappa shape index (κ1) is 13.7. The molecule has 0 fully saturated rings. The summed E-state index contributed by atoms with van der Waals surface area (Å²) < 4.78 is 5.97. The molecule has 0 atom stereocenters. The lowest BCUT2D eigenvalue weighted by atomic mass is 10.1. The van der Waals surface area contributed by atoms with Crippen molar-refractivity contribution in [2.75, 3.05) is 0 Å². The van der Waals surface area contributed by atoms with Gasteiger partial charge in [0, 0.05) is 16.8 Å².